The van der Waals surface area contributed by atoms with Crippen LogP contribution in [-0.4, -0.2) is 25.6 Å². The fraction of sp³-hybridized carbons (Fsp3) is 0.533. The van der Waals surface area contributed by atoms with Crippen molar-refractivity contribution in [3.8, 4) is 0 Å². The van der Waals surface area contributed by atoms with Crippen molar-refractivity contribution in [1.29, 1.82) is 0 Å². The molecule has 0 aliphatic heterocycles. The van der Waals surface area contributed by atoms with Crippen molar-refractivity contribution >= 4 is 5.96 Å². The third-order valence-corrected chi connectivity index (χ3v) is 2.95. The molecule has 0 aliphatic carbocycles. The Morgan fingerprint density at radius 3 is 2.58 bits per heavy atom. The summed E-state index contributed by atoms with van der Waals surface area (Å²) in [7, 11) is 1.74. The van der Waals surface area contributed by atoms with Crippen LogP contribution in [0.4, 0.5) is 4.39 Å². The molecule has 0 atom stereocenters. The predicted octanol–water partition coefficient (Wildman–Crippen LogP) is 2.68. The summed E-state index contributed by atoms with van der Waals surface area (Å²) in [4.78, 5) is 4.16. The van der Waals surface area contributed by atoms with Crippen LogP contribution in [0, 0.1) is 5.82 Å². The van der Waals surface area contributed by atoms with Gasteiger partial charge in [-0.2, -0.15) is 0 Å². The van der Waals surface area contributed by atoms with E-state index < -0.39 is 0 Å². The zero-order chi connectivity index (χ0) is 14.5. The first-order valence-electron chi connectivity index (χ1n) is 6.58. The quantitative estimate of drug-likeness (QED) is 0.648. The molecular weight excluding hydrogens is 241 g/mol. The summed E-state index contributed by atoms with van der Waals surface area (Å²) >= 11 is 0. The zero-order valence-corrected chi connectivity index (χ0v) is 12.4. The number of halogens is 1. The predicted molar refractivity (Wildman–Crippen MR) is 79.1 cm³/mol. The molecule has 1 aromatic rings. The number of nitrogens with one attached hydrogen (secondary N) is 2. The molecule has 0 aromatic heterocycles. The third kappa shape index (κ3) is 4.89. The Labute approximate surface area is 115 Å². The summed E-state index contributed by atoms with van der Waals surface area (Å²) < 4.78 is 13.3. The lowest BCUT2D eigenvalue weighted by molar-refractivity contribution is 0.501. The molecule has 2 N–H and O–H groups in total. The Balaban J connectivity index is 2.69. The monoisotopic (exact) mass is 265 g/mol. The lowest BCUT2D eigenvalue weighted by Gasteiger charge is -2.27. The lowest BCUT2D eigenvalue weighted by atomic mass is 9.84. The van der Waals surface area contributed by atoms with Gasteiger partial charge in [0.05, 0.1) is 0 Å². The van der Waals surface area contributed by atoms with Crippen molar-refractivity contribution in [1.82, 2.24) is 10.6 Å². The molecule has 0 aliphatic rings. The van der Waals surface area contributed by atoms with Gasteiger partial charge >= 0.3 is 0 Å². The molecule has 0 unspecified atom stereocenters. The average Bonchev–Trinajstić information content (AvgIpc) is 2.34. The largest absolute Gasteiger partial charge is 0.356 e. The van der Waals surface area contributed by atoms with Crippen molar-refractivity contribution in [2.45, 2.75) is 39.2 Å². The van der Waals surface area contributed by atoms with Crippen LogP contribution in [0.5, 0.6) is 0 Å². The Hall–Kier alpha value is -1.58. The maximum absolute atomic E-state index is 13.3. The van der Waals surface area contributed by atoms with E-state index in [0.29, 0.717) is 12.6 Å². The Bertz CT molecular complexity index is 439. The number of guanidine groups is 1. The van der Waals surface area contributed by atoms with E-state index in [-0.39, 0.29) is 11.2 Å². The smallest absolute Gasteiger partial charge is 0.191 e. The molecule has 0 saturated heterocycles. The number of rotatable bonds is 4. The maximum atomic E-state index is 13.3. The number of benzene rings is 1. The van der Waals surface area contributed by atoms with Crippen LogP contribution in [-0.2, 0) is 5.41 Å². The highest BCUT2D eigenvalue weighted by molar-refractivity contribution is 5.80. The summed E-state index contributed by atoms with van der Waals surface area (Å²) in [5.41, 5.74) is 0.802. The summed E-state index contributed by atoms with van der Waals surface area (Å²) in [5, 5.41) is 6.51. The second kappa shape index (κ2) is 6.55. The van der Waals surface area contributed by atoms with Crippen LogP contribution in [0.2, 0.25) is 0 Å². The van der Waals surface area contributed by atoms with E-state index >= 15 is 0 Å². The molecule has 1 rings (SSSR count). The fourth-order valence-electron chi connectivity index (χ4n) is 1.78. The van der Waals surface area contributed by atoms with Gasteiger partial charge in [0.1, 0.15) is 5.82 Å². The molecule has 0 bridgehead atoms. The minimum Gasteiger partial charge on any atom is -0.356 e. The molecule has 0 amide bonds. The topological polar surface area (TPSA) is 36.4 Å². The van der Waals surface area contributed by atoms with E-state index in [1.54, 1.807) is 19.2 Å². The van der Waals surface area contributed by atoms with Crippen molar-refractivity contribution in [3.63, 3.8) is 0 Å². The van der Waals surface area contributed by atoms with Crippen LogP contribution in [0.25, 0.3) is 0 Å². The molecule has 19 heavy (non-hydrogen) atoms. The summed E-state index contributed by atoms with van der Waals surface area (Å²) in [6.07, 6.45) is 0. The molecule has 0 radical (unpaired) electrons. The minimum absolute atomic E-state index is 0.170. The highest BCUT2D eigenvalue weighted by Crippen LogP contribution is 2.22. The highest BCUT2D eigenvalue weighted by atomic mass is 19.1. The van der Waals surface area contributed by atoms with Gasteiger partial charge in [0, 0.05) is 25.0 Å². The van der Waals surface area contributed by atoms with Gasteiger partial charge < -0.3 is 10.6 Å². The highest BCUT2D eigenvalue weighted by Gasteiger charge is 2.21. The molecule has 3 nitrogen and oxygen atoms in total. The summed E-state index contributed by atoms with van der Waals surface area (Å²) in [5.74, 6) is 0.565. The van der Waals surface area contributed by atoms with Crippen molar-refractivity contribution in [3.05, 3.63) is 35.6 Å². The molecule has 0 fully saturated rings. The molecular formula is C15H24FN3. The number of nitrogens with zero attached hydrogens (tertiary/aromatic N) is 1. The molecule has 0 spiro atoms. The molecule has 0 heterocycles. The van der Waals surface area contributed by atoms with Crippen LogP contribution in [0.1, 0.15) is 33.3 Å². The first-order valence-corrected chi connectivity index (χ1v) is 6.58. The van der Waals surface area contributed by atoms with Gasteiger partial charge in [0.2, 0.25) is 0 Å². The second-order valence-electron chi connectivity index (χ2n) is 5.62. The van der Waals surface area contributed by atoms with Crippen LogP contribution in [0.15, 0.2) is 29.3 Å². The average molecular weight is 265 g/mol. The van der Waals surface area contributed by atoms with E-state index in [9.17, 15) is 4.39 Å². The van der Waals surface area contributed by atoms with Gasteiger partial charge in [-0.1, -0.05) is 26.0 Å². The van der Waals surface area contributed by atoms with E-state index in [1.807, 2.05) is 6.07 Å². The first-order chi connectivity index (χ1) is 8.85. The van der Waals surface area contributed by atoms with Crippen LogP contribution in [0.3, 0.4) is 0 Å². The fourth-order valence-corrected chi connectivity index (χ4v) is 1.78. The van der Waals surface area contributed by atoms with Crippen molar-refractivity contribution < 1.29 is 4.39 Å². The van der Waals surface area contributed by atoms with Gasteiger partial charge in [-0.15, -0.1) is 0 Å². The lowest BCUT2D eigenvalue weighted by Crippen LogP contribution is -2.45. The number of hydrogen-bond donors (Lipinski definition) is 2. The molecule has 0 saturated carbocycles. The van der Waals surface area contributed by atoms with E-state index in [1.165, 1.54) is 6.07 Å². The maximum Gasteiger partial charge on any atom is 0.191 e. The number of hydrogen-bond acceptors (Lipinski definition) is 1. The van der Waals surface area contributed by atoms with Crippen molar-refractivity contribution in [2.24, 2.45) is 4.99 Å². The van der Waals surface area contributed by atoms with E-state index in [4.69, 9.17) is 0 Å². The van der Waals surface area contributed by atoms with Gasteiger partial charge in [-0.3, -0.25) is 4.99 Å². The Morgan fingerprint density at radius 2 is 2.05 bits per heavy atom. The van der Waals surface area contributed by atoms with Gasteiger partial charge in [-0.05, 0) is 31.5 Å². The zero-order valence-electron chi connectivity index (χ0n) is 12.4. The first kappa shape index (κ1) is 15.5. The number of aliphatic imine (C=N–C) groups is 1. The SMILES string of the molecule is CN=C(NCC(C)(C)c1cccc(F)c1)NC(C)C. The molecule has 1 aromatic carbocycles. The van der Waals surface area contributed by atoms with Gasteiger partial charge in [-0.25, -0.2) is 4.39 Å². The van der Waals surface area contributed by atoms with Crippen LogP contribution >= 0.6 is 0 Å². The van der Waals surface area contributed by atoms with Crippen LogP contribution < -0.4 is 10.6 Å². The van der Waals surface area contributed by atoms with Gasteiger partial charge in [0.15, 0.2) is 5.96 Å². The third-order valence-electron chi connectivity index (χ3n) is 2.95. The molecule has 106 valence electrons. The summed E-state index contributed by atoms with van der Waals surface area (Å²) in [6, 6.07) is 7.06. The van der Waals surface area contributed by atoms with E-state index in [2.05, 4.69) is 43.3 Å². The van der Waals surface area contributed by atoms with Gasteiger partial charge in [0.25, 0.3) is 0 Å². The van der Waals surface area contributed by atoms with E-state index in [0.717, 1.165) is 11.5 Å². The molecule has 4 heteroatoms. The minimum atomic E-state index is -0.199. The standard InChI is InChI=1S/C15H24FN3/c1-11(2)19-14(17-5)18-10-15(3,4)12-7-6-8-13(16)9-12/h6-9,11H,10H2,1-5H3,(H2,17,18,19). The Kier molecular flexibility index (Phi) is 5.33. The Morgan fingerprint density at radius 1 is 1.37 bits per heavy atom. The second-order valence-corrected chi connectivity index (χ2v) is 5.62. The van der Waals surface area contributed by atoms with Crippen molar-refractivity contribution in [2.75, 3.05) is 13.6 Å². The summed E-state index contributed by atoms with van der Waals surface area (Å²) in [6.45, 7) is 8.97. The normalized spacial score (nSPS) is 12.7.